The Bertz CT molecular complexity index is 1810. The summed E-state index contributed by atoms with van der Waals surface area (Å²) in [6.45, 7) is 11.3. The molecule has 1 aromatic rings. The number of rotatable bonds is 10. The lowest BCUT2D eigenvalue weighted by molar-refractivity contribution is -0.155. The highest BCUT2D eigenvalue weighted by molar-refractivity contribution is 6.70. The van der Waals surface area contributed by atoms with E-state index in [0.29, 0.717) is 17.2 Å². The third-order valence-corrected chi connectivity index (χ3v) is 11.5. The molecular weight excluding hydrogens is 923 g/mol. The first-order valence-corrected chi connectivity index (χ1v) is 23.7. The molecule has 7 rings (SSSR count). The van der Waals surface area contributed by atoms with Crippen molar-refractivity contribution in [1.29, 1.82) is 0 Å². The molecule has 5 fully saturated rings. The smallest absolute Gasteiger partial charge is 0.345 e. The zero-order valence-electron chi connectivity index (χ0n) is 32.4. The van der Waals surface area contributed by atoms with Crippen molar-refractivity contribution in [3.63, 3.8) is 0 Å². The van der Waals surface area contributed by atoms with Crippen LogP contribution < -0.4 is 0 Å². The summed E-state index contributed by atoms with van der Waals surface area (Å²) >= 11 is 20.2. The van der Waals surface area contributed by atoms with Gasteiger partial charge in [-0.3, -0.25) is 9.59 Å². The number of aliphatic hydroxyl groups is 1. The lowest BCUT2D eigenvalue weighted by Crippen LogP contribution is -2.35. The van der Waals surface area contributed by atoms with Gasteiger partial charge in [0, 0.05) is 22.8 Å². The van der Waals surface area contributed by atoms with E-state index in [0.717, 1.165) is 0 Å². The summed E-state index contributed by atoms with van der Waals surface area (Å²) in [6.07, 6.45) is 0.409. The van der Waals surface area contributed by atoms with Gasteiger partial charge in [-0.15, -0.1) is 0 Å². The zero-order valence-corrected chi connectivity index (χ0v) is 36.4. The highest BCUT2D eigenvalue weighted by Gasteiger charge is 2.81. The van der Waals surface area contributed by atoms with E-state index >= 15 is 0 Å². The molecule has 20 heteroatoms. The maximum atomic E-state index is 14.5. The number of esters is 4. The van der Waals surface area contributed by atoms with Crippen LogP contribution in [0.5, 0.6) is 0 Å². The molecule has 62 heavy (non-hydrogen) atoms. The Labute approximate surface area is 383 Å². The van der Waals surface area contributed by atoms with Crippen LogP contribution in [0.3, 0.4) is 0 Å². The van der Waals surface area contributed by atoms with Crippen molar-refractivity contribution in [2.45, 2.75) is 123 Å². The van der Waals surface area contributed by atoms with E-state index < -0.39 is 107 Å². The van der Waals surface area contributed by atoms with Crippen LogP contribution in [-0.4, -0.2) is 102 Å². The lowest BCUT2D eigenvalue weighted by Gasteiger charge is -2.22. The number of carbonyl (C=O) groups is 6. The Balaban J connectivity index is 0.000000857. The van der Waals surface area contributed by atoms with E-state index in [1.807, 2.05) is 25.7 Å². The molecule has 0 unspecified atom stereocenters. The van der Waals surface area contributed by atoms with E-state index in [9.17, 15) is 41.9 Å². The fourth-order valence-corrected chi connectivity index (χ4v) is 8.94. The van der Waals surface area contributed by atoms with Gasteiger partial charge < -0.3 is 28.5 Å². The predicted octanol–water partition coefficient (Wildman–Crippen LogP) is 9.37. The molecule has 0 heterocycles. The molecule has 0 saturated heterocycles. The fourth-order valence-electron chi connectivity index (χ4n) is 7.83. The van der Waals surface area contributed by atoms with Crippen molar-refractivity contribution in [3.8, 4) is 0 Å². The number of aliphatic hydroxyl groups excluding tert-OH is 1. The molecule has 0 amide bonds. The first-order valence-electron chi connectivity index (χ1n) is 18.6. The number of Topliss-reactive ketones (excluding diaryl/α,β-unsaturated/α-hetero) is 2. The quantitative estimate of drug-likeness (QED) is 0.102. The third kappa shape index (κ3) is 12.1. The van der Waals surface area contributed by atoms with Crippen molar-refractivity contribution in [2.24, 2.45) is 35.5 Å². The number of hydrogen-bond donors (Lipinski definition) is 1. The molecular formula is C42H61Cl4F3O12Si. The number of ketones is 2. The summed E-state index contributed by atoms with van der Waals surface area (Å²) in [4.78, 5) is 69.7. The predicted molar refractivity (Wildman–Crippen MR) is 234 cm³/mol. The van der Waals surface area contributed by atoms with Gasteiger partial charge in [0.2, 0.25) is 25.3 Å². The third-order valence-electron chi connectivity index (χ3n) is 10.4. The van der Waals surface area contributed by atoms with Gasteiger partial charge in [-0.05, 0) is 83.9 Å². The van der Waals surface area contributed by atoms with Crippen molar-refractivity contribution in [3.05, 3.63) is 46.7 Å². The van der Waals surface area contributed by atoms with Crippen LogP contribution in [0.1, 0.15) is 80.1 Å². The molecule has 0 aliphatic heterocycles. The van der Waals surface area contributed by atoms with Crippen LogP contribution >= 0.6 is 46.4 Å². The molecule has 0 spiro atoms. The Hall–Kier alpha value is -2.89. The number of ether oxygens (including phenoxy) is 4. The Morgan fingerprint density at radius 2 is 1.19 bits per heavy atom. The SMILES string of the molecule is C.C.C.C.CCOC(=O)[C@@]1(F)[C@@H]2CC=C(O[Si](C)(C)C)[C@@H]21.CCOC(=O)[C@@]1(F)[C@@H]2C[C@@H](O)C(=O)[C@@H]21.CCOC(=O)[C@@]1(F)[C@@H]2C[C@@H](OC(=O)c3cccc(Cl)c3)C(=O)[C@@H]21.ClC(Cl)Cl. The van der Waals surface area contributed by atoms with Crippen LogP contribution in [0.4, 0.5) is 13.2 Å². The minimum absolute atomic E-state index is 0. The molecule has 12 nitrogen and oxygen atoms in total. The van der Waals surface area contributed by atoms with Gasteiger partial charge in [-0.2, -0.15) is 0 Å². The summed E-state index contributed by atoms with van der Waals surface area (Å²) < 4.78 is 66.9. The van der Waals surface area contributed by atoms with Crippen molar-refractivity contribution < 1.29 is 70.4 Å². The lowest BCUT2D eigenvalue weighted by atomic mass is 10.1. The van der Waals surface area contributed by atoms with Gasteiger partial charge in [0.05, 0.1) is 48.9 Å². The molecule has 1 N–H and O–H groups in total. The molecule has 354 valence electrons. The number of benzene rings is 1. The first-order chi connectivity index (χ1) is 27.0. The molecule has 6 aliphatic carbocycles. The topological polar surface area (TPSA) is 169 Å². The highest BCUT2D eigenvalue weighted by Crippen LogP contribution is 2.65. The number of halogens is 7. The van der Waals surface area contributed by atoms with Crippen molar-refractivity contribution >= 4 is 90.2 Å². The molecule has 0 bridgehead atoms. The van der Waals surface area contributed by atoms with Crippen LogP contribution in [0, 0.1) is 35.5 Å². The second-order valence-corrected chi connectivity index (χ2v) is 22.1. The van der Waals surface area contributed by atoms with Crippen molar-refractivity contribution in [1.82, 2.24) is 0 Å². The largest absolute Gasteiger partial charge is 0.547 e. The number of fused-ring (bicyclic) bond motifs is 3. The summed E-state index contributed by atoms with van der Waals surface area (Å²) in [5.74, 6) is -7.98. The van der Waals surface area contributed by atoms with Gasteiger partial charge in [0.25, 0.3) is 0 Å². The monoisotopic (exact) mass is 982 g/mol. The standard InChI is InChI=1S/C16H14ClFO5.C12H19FO3Si.C9H11FO4.CHCl3.4CH4/c1-2-22-15(21)16(18)10-7-11(13(19)12(10)16)23-14(20)8-4-3-5-9(17)6-8;1-5-15-11(14)12(13)8-6-7-9(10(8)12)16-17(2,3)4;1-2-14-8(13)9(10)4-3-5(11)7(12)6(4)9;2-1(3)4;;;;/h3-6,10-12H,2,7H2,1H3;7-8,10H,5-6H2,1-4H3;4-6,11H,2-3H2,1H3;1H;4*1H4/t10-,11-,12-,16-;8-,10-,12-;4-,5-,6-,9-;;;;;/m111...../s1. The van der Waals surface area contributed by atoms with Crippen LogP contribution in [0.15, 0.2) is 36.1 Å². The normalized spacial score (nSPS) is 32.0. The van der Waals surface area contributed by atoms with Gasteiger partial charge in [0.1, 0.15) is 6.10 Å². The van der Waals surface area contributed by atoms with Crippen molar-refractivity contribution in [2.75, 3.05) is 19.8 Å². The fraction of sp³-hybridized carbons (Fsp3) is 0.667. The van der Waals surface area contributed by atoms with E-state index in [2.05, 4.69) is 9.47 Å². The minimum Gasteiger partial charge on any atom is -0.547 e. The van der Waals surface area contributed by atoms with E-state index in [-0.39, 0.29) is 73.9 Å². The maximum Gasteiger partial charge on any atom is 0.345 e. The van der Waals surface area contributed by atoms with E-state index in [4.69, 9.17) is 65.4 Å². The molecule has 1 aromatic carbocycles. The summed E-state index contributed by atoms with van der Waals surface area (Å²) in [7, 11) is -1.74. The Morgan fingerprint density at radius 1 is 0.758 bits per heavy atom. The number of alkyl halides is 6. The van der Waals surface area contributed by atoms with Crippen LogP contribution in [0.25, 0.3) is 0 Å². The second-order valence-electron chi connectivity index (χ2n) is 15.2. The first kappa shape index (κ1) is 59.1. The molecule has 5 saturated carbocycles. The minimum atomic E-state index is -2.26. The molecule has 0 radical (unpaired) electrons. The summed E-state index contributed by atoms with van der Waals surface area (Å²) in [6, 6.07) is 6.11. The van der Waals surface area contributed by atoms with Gasteiger partial charge in [-0.1, -0.05) is 82.2 Å². The molecule has 0 aromatic heterocycles. The number of hydrogen-bond acceptors (Lipinski definition) is 12. The number of carbonyl (C=O) groups excluding carboxylic acids is 6. The molecule has 11 atom stereocenters. The highest BCUT2D eigenvalue weighted by atomic mass is 35.6. The summed E-state index contributed by atoms with van der Waals surface area (Å²) in [5.41, 5.74) is -6.01. The Kier molecular flexibility index (Phi) is 21.8. The van der Waals surface area contributed by atoms with Crippen LogP contribution in [-0.2, 0) is 47.3 Å². The molecule has 6 aliphatic rings. The maximum absolute atomic E-state index is 14.5. The Morgan fingerprint density at radius 3 is 1.56 bits per heavy atom. The van der Waals surface area contributed by atoms with Gasteiger partial charge in [0.15, 0.2) is 22.0 Å². The van der Waals surface area contributed by atoms with E-state index in [1.165, 1.54) is 12.1 Å². The van der Waals surface area contributed by atoms with Crippen LogP contribution in [0.2, 0.25) is 24.7 Å². The van der Waals surface area contributed by atoms with Gasteiger partial charge in [-0.25, -0.2) is 32.3 Å². The number of allylic oxidation sites excluding steroid dienone is 2. The summed E-state index contributed by atoms with van der Waals surface area (Å²) in [5, 5.41) is 9.44. The second kappa shape index (κ2) is 22.8. The average molecular weight is 985 g/mol. The zero-order chi connectivity index (χ0) is 43.7. The van der Waals surface area contributed by atoms with E-state index in [1.54, 1.807) is 32.9 Å². The average Bonchev–Trinajstić information content (AvgIpc) is 3.90. The van der Waals surface area contributed by atoms with Gasteiger partial charge >= 0.3 is 23.9 Å².